The Kier molecular flexibility index (Phi) is 6.63. The first-order valence-corrected chi connectivity index (χ1v) is 8.26. The third-order valence-electron chi connectivity index (χ3n) is 3.82. The van der Waals surface area contributed by atoms with Crippen molar-refractivity contribution >= 4 is 19.4 Å². The molecule has 0 saturated heterocycles. The molecule has 0 heterocycles. The summed E-state index contributed by atoms with van der Waals surface area (Å²) < 4.78 is 0. The average molecular weight is 305 g/mol. The van der Waals surface area contributed by atoms with Gasteiger partial charge in [-0.1, -0.05) is 35.4 Å². The summed E-state index contributed by atoms with van der Waals surface area (Å²) in [6.45, 7) is 12.4. The minimum absolute atomic E-state index is 0. The van der Waals surface area contributed by atoms with E-state index in [0.717, 1.165) is 16.7 Å². The summed E-state index contributed by atoms with van der Waals surface area (Å²) in [7, 11) is 0.200. The Balaban J connectivity index is 0.00000242. The van der Waals surface area contributed by atoms with Gasteiger partial charge in [0, 0.05) is 5.56 Å². The predicted molar refractivity (Wildman–Crippen MR) is 93.6 cm³/mol. The average Bonchev–Trinajstić information content (AvgIpc) is 2.32. The summed E-state index contributed by atoms with van der Waals surface area (Å²) in [5, 5.41) is 1.20. The second-order valence-electron chi connectivity index (χ2n) is 6.00. The van der Waals surface area contributed by atoms with Gasteiger partial charge in [0.2, 0.25) is 0 Å². The zero-order chi connectivity index (χ0) is 15.7. The molecule has 0 fully saturated rings. The van der Waals surface area contributed by atoms with Gasteiger partial charge in [0.1, 0.15) is 0 Å². The van der Waals surface area contributed by atoms with E-state index in [2.05, 4.69) is 52.0 Å². The minimum atomic E-state index is 0. The summed E-state index contributed by atoms with van der Waals surface area (Å²) in [6, 6.07) is 8.52. The van der Waals surface area contributed by atoms with Crippen molar-refractivity contribution in [1.82, 2.24) is 0 Å². The van der Waals surface area contributed by atoms with Gasteiger partial charge in [0.05, 0.1) is 0 Å². The van der Waals surface area contributed by atoms with Crippen molar-refractivity contribution in [3.05, 3.63) is 63.2 Å². The first-order valence-electron chi connectivity index (χ1n) is 7.26. The number of hydrogen-bond acceptors (Lipinski definition) is 1. The zero-order valence-corrected chi connectivity index (χ0v) is 15.7. The molecule has 0 aliphatic heterocycles. The van der Waals surface area contributed by atoms with E-state index in [9.17, 15) is 4.79 Å². The van der Waals surface area contributed by atoms with Crippen molar-refractivity contribution < 1.29 is 23.7 Å². The van der Waals surface area contributed by atoms with Gasteiger partial charge in [-0.3, -0.25) is 4.79 Å². The van der Waals surface area contributed by atoms with Crippen LogP contribution >= 0.6 is 8.58 Å². The largest absolute Gasteiger partial charge is 1.00 e. The van der Waals surface area contributed by atoms with Gasteiger partial charge in [0.25, 0.3) is 0 Å². The Bertz CT molecular complexity index is 673. The molecular formula is C19H23LiOP+. The van der Waals surface area contributed by atoms with Crippen LogP contribution in [0.25, 0.3) is 0 Å². The van der Waals surface area contributed by atoms with Crippen molar-refractivity contribution in [2.24, 2.45) is 0 Å². The van der Waals surface area contributed by atoms with Crippen molar-refractivity contribution in [3.8, 4) is 0 Å². The molecule has 2 aromatic rings. The molecule has 0 radical (unpaired) electrons. The number of hydrogen-bond donors (Lipinski definition) is 0. The van der Waals surface area contributed by atoms with Crippen molar-refractivity contribution in [2.45, 2.75) is 41.5 Å². The van der Waals surface area contributed by atoms with E-state index >= 15 is 0 Å². The number of rotatable bonds is 3. The van der Waals surface area contributed by atoms with Crippen molar-refractivity contribution in [3.63, 3.8) is 0 Å². The van der Waals surface area contributed by atoms with Crippen LogP contribution in [0.5, 0.6) is 0 Å². The van der Waals surface area contributed by atoms with E-state index in [4.69, 9.17) is 0 Å². The fraction of sp³-hybridized carbons (Fsp3) is 0.316. The van der Waals surface area contributed by atoms with Gasteiger partial charge in [-0.15, -0.1) is 0 Å². The van der Waals surface area contributed by atoms with Gasteiger partial charge >= 0.3 is 18.9 Å². The number of benzene rings is 2. The summed E-state index contributed by atoms with van der Waals surface area (Å²) in [4.78, 5) is 12.8. The second-order valence-corrected chi connectivity index (χ2v) is 7.21. The fourth-order valence-corrected chi connectivity index (χ4v) is 4.38. The standard InChI is InChI=1S/C19H23OP.Li/c1-11-7-13(3)17(14(4)8-11)19(20)21-18-15(5)9-12(2)10-16(18)6;/h7-10,21H,1-6H3;/q;+1. The van der Waals surface area contributed by atoms with Crippen LogP contribution in [0.2, 0.25) is 0 Å². The Labute approximate surface area is 147 Å². The molecule has 0 spiro atoms. The molecule has 0 aliphatic rings. The quantitative estimate of drug-likeness (QED) is 0.623. The molecule has 1 unspecified atom stereocenters. The SMILES string of the molecule is Cc1cc(C)c(PC(=O)c2c(C)cc(C)cc2C)c(C)c1.[Li+]. The molecule has 0 aromatic heterocycles. The van der Waals surface area contributed by atoms with Crippen LogP contribution < -0.4 is 24.2 Å². The molecule has 1 atom stereocenters. The smallest absolute Gasteiger partial charge is 0.289 e. The molecule has 0 saturated carbocycles. The van der Waals surface area contributed by atoms with Gasteiger partial charge in [-0.05, 0) is 77.7 Å². The van der Waals surface area contributed by atoms with Crippen LogP contribution in [0.1, 0.15) is 43.7 Å². The molecule has 0 bridgehead atoms. The molecule has 3 heteroatoms. The van der Waals surface area contributed by atoms with Crippen LogP contribution in [0.3, 0.4) is 0 Å². The molecular weight excluding hydrogens is 282 g/mol. The third kappa shape index (κ3) is 4.11. The second kappa shape index (κ2) is 7.61. The fourth-order valence-electron chi connectivity index (χ4n) is 3.09. The first-order chi connectivity index (χ1) is 9.79. The van der Waals surface area contributed by atoms with Gasteiger partial charge in [-0.25, -0.2) is 0 Å². The molecule has 0 aliphatic carbocycles. The Morgan fingerprint density at radius 3 is 1.50 bits per heavy atom. The predicted octanol–water partition coefficient (Wildman–Crippen LogP) is 1.69. The third-order valence-corrected chi connectivity index (χ3v) is 5.34. The molecule has 2 aromatic carbocycles. The summed E-state index contributed by atoms with van der Waals surface area (Å²) in [5.41, 5.74) is 8.25. The Morgan fingerprint density at radius 1 is 0.727 bits per heavy atom. The minimum Gasteiger partial charge on any atom is -0.289 e. The number of carbonyl (C=O) groups excluding carboxylic acids is 1. The maximum absolute atomic E-state index is 12.8. The summed E-state index contributed by atoms with van der Waals surface area (Å²) in [5.74, 6) is 0. The van der Waals surface area contributed by atoms with Crippen LogP contribution in [0.15, 0.2) is 24.3 Å². The van der Waals surface area contributed by atoms with E-state index in [1.165, 1.54) is 27.6 Å². The van der Waals surface area contributed by atoms with E-state index < -0.39 is 0 Å². The maximum Gasteiger partial charge on any atom is 1.00 e. The summed E-state index contributed by atoms with van der Waals surface area (Å²) in [6.07, 6.45) is 0. The van der Waals surface area contributed by atoms with Gasteiger partial charge in [-0.2, -0.15) is 0 Å². The van der Waals surface area contributed by atoms with Crippen LogP contribution in [-0.2, 0) is 0 Å². The number of aryl methyl sites for hydroxylation is 6. The van der Waals surface area contributed by atoms with Crippen LogP contribution in [0.4, 0.5) is 0 Å². The van der Waals surface area contributed by atoms with Crippen molar-refractivity contribution in [1.29, 1.82) is 0 Å². The molecule has 1 nitrogen and oxygen atoms in total. The molecule has 0 amide bonds. The molecule has 2 rings (SSSR count). The van der Waals surface area contributed by atoms with Gasteiger partial charge in [0.15, 0.2) is 5.52 Å². The molecule has 22 heavy (non-hydrogen) atoms. The zero-order valence-electron chi connectivity index (χ0n) is 14.7. The first kappa shape index (κ1) is 19.2. The molecule has 0 N–H and O–H groups in total. The Hall–Kier alpha value is -0.863. The Morgan fingerprint density at radius 2 is 1.09 bits per heavy atom. The maximum atomic E-state index is 12.8. The summed E-state index contributed by atoms with van der Waals surface area (Å²) >= 11 is 0. The van der Waals surface area contributed by atoms with Crippen molar-refractivity contribution in [2.75, 3.05) is 0 Å². The van der Waals surface area contributed by atoms with E-state index in [-0.39, 0.29) is 33.0 Å². The monoisotopic (exact) mass is 305 g/mol. The van der Waals surface area contributed by atoms with Crippen LogP contribution in [-0.4, -0.2) is 5.52 Å². The topological polar surface area (TPSA) is 17.1 Å². The van der Waals surface area contributed by atoms with E-state index in [0.29, 0.717) is 0 Å². The number of carbonyl (C=O) groups is 1. The molecule has 110 valence electrons. The van der Waals surface area contributed by atoms with E-state index in [1.807, 2.05) is 13.8 Å². The van der Waals surface area contributed by atoms with Gasteiger partial charge < -0.3 is 0 Å². The van der Waals surface area contributed by atoms with E-state index in [1.54, 1.807) is 0 Å². The van der Waals surface area contributed by atoms with Crippen LogP contribution in [0, 0.1) is 41.5 Å². The normalized spacial score (nSPS) is 10.8.